The molecular weight excluding hydrogens is 455 g/mol. The summed E-state index contributed by atoms with van der Waals surface area (Å²) in [6, 6.07) is 0. The Bertz CT molecular complexity index is 471. The zero-order valence-electron chi connectivity index (χ0n) is 23.1. The van der Waals surface area contributed by atoms with Gasteiger partial charge in [-0.1, -0.05) is 167 Å². The molecule has 0 aliphatic heterocycles. The summed E-state index contributed by atoms with van der Waals surface area (Å²) in [5.74, 6) is 0. The van der Waals surface area contributed by atoms with Crippen LogP contribution in [0.3, 0.4) is 0 Å². The molecule has 0 aromatic rings. The van der Waals surface area contributed by atoms with Crippen LogP contribution in [0.4, 0.5) is 0 Å². The molecule has 0 rings (SSSR count). The van der Waals surface area contributed by atoms with Crippen molar-refractivity contribution in [2.45, 2.75) is 174 Å². The zero-order chi connectivity index (χ0) is 24.3. The van der Waals surface area contributed by atoms with Crippen molar-refractivity contribution in [2.75, 3.05) is 6.61 Å². The molecular formula is C28H57NaO4S. The van der Waals surface area contributed by atoms with Crippen LogP contribution in [0, 0.1) is 0 Å². The van der Waals surface area contributed by atoms with Gasteiger partial charge in [-0.3, -0.25) is 4.18 Å². The van der Waals surface area contributed by atoms with Gasteiger partial charge in [0.2, 0.25) is 10.4 Å². The largest absolute Gasteiger partial charge is 1.00 e. The minimum Gasteiger partial charge on any atom is -0.726 e. The molecule has 0 N–H and O–H groups in total. The van der Waals surface area contributed by atoms with E-state index in [1.54, 1.807) is 0 Å². The van der Waals surface area contributed by atoms with E-state index in [2.05, 4.69) is 11.1 Å². The molecule has 0 amide bonds. The van der Waals surface area contributed by atoms with Crippen molar-refractivity contribution in [3.8, 4) is 0 Å². The van der Waals surface area contributed by atoms with Crippen LogP contribution in [0.1, 0.15) is 174 Å². The molecule has 0 aromatic carbocycles. The standard InChI is InChI=1S/C28H58O4S.Na/c1-2-3-4-5-6-7-8-9-10-11-12-13-14-15-16-17-18-19-20-21-22-23-24-25-26-27-28-32-33(29,30)31;/h2-28H2,1H3,(H,29,30,31);/q;+1/p-1. The van der Waals surface area contributed by atoms with Crippen molar-refractivity contribution in [3.63, 3.8) is 0 Å². The third-order valence-corrected chi connectivity index (χ3v) is 7.18. The summed E-state index contributed by atoms with van der Waals surface area (Å²) >= 11 is 0. The summed E-state index contributed by atoms with van der Waals surface area (Å²) in [5, 5.41) is 0. The predicted molar refractivity (Wildman–Crippen MR) is 141 cm³/mol. The van der Waals surface area contributed by atoms with Crippen LogP contribution < -0.4 is 29.6 Å². The quantitative estimate of drug-likeness (QED) is 0.0511. The summed E-state index contributed by atoms with van der Waals surface area (Å²) < 4.78 is 35.1. The minimum atomic E-state index is -4.50. The maximum absolute atomic E-state index is 10.3. The van der Waals surface area contributed by atoms with Gasteiger partial charge in [-0.15, -0.1) is 0 Å². The number of rotatable bonds is 28. The summed E-state index contributed by atoms with van der Waals surface area (Å²) in [6.45, 7) is 2.32. The monoisotopic (exact) mass is 512 g/mol. The van der Waals surface area contributed by atoms with Crippen molar-refractivity contribution in [1.29, 1.82) is 0 Å². The molecule has 0 aliphatic rings. The van der Waals surface area contributed by atoms with E-state index in [-0.39, 0.29) is 36.2 Å². The van der Waals surface area contributed by atoms with Crippen molar-refractivity contribution in [2.24, 2.45) is 0 Å². The van der Waals surface area contributed by atoms with E-state index < -0.39 is 10.4 Å². The van der Waals surface area contributed by atoms with E-state index in [0.29, 0.717) is 6.42 Å². The zero-order valence-corrected chi connectivity index (χ0v) is 25.9. The summed E-state index contributed by atoms with van der Waals surface area (Å²) in [6.07, 6.45) is 35.0. The maximum atomic E-state index is 10.3. The van der Waals surface area contributed by atoms with E-state index in [1.165, 1.54) is 148 Å². The normalized spacial score (nSPS) is 11.6. The first-order valence-corrected chi connectivity index (χ1v) is 16.0. The fourth-order valence-corrected chi connectivity index (χ4v) is 4.90. The first-order valence-electron chi connectivity index (χ1n) is 14.7. The van der Waals surface area contributed by atoms with Crippen LogP contribution in [0.5, 0.6) is 0 Å². The molecule has 0 unspecified atom stereocenters. The molecule has 0 heterocycles. The second-order valence-corrected chi connectivity index (χ2v) is 11.1. The van der Waals surface area contributed by atoms with Crippen LogP contribution in [0.2, 0.25) is 0 Å². The molecule has 6 heteroatoms. The maximum Gasteiger partial charge on any atom is 1.00 e. The van der Waals surface area contributed by atoms with Crippen LogP contribution in [0.25, 0.3) is 0 Å². The Morgan fingerprint density at radius 1 is 0.441 bits per heavy atom. The molecule has 0 saturated carbocycles. The minimum absolute atomic E-state index is 0. The molecule has 0 atom stereocenters. The average molecular weight is 513 g/mol. The number of hydrogen-bond donors (Lipinski definition) is 0. The molecule has 0 aromatic heterocycles. The van der Waals surface area contributed by atoms with Gasteiger partial charge in [-0.25, -0.2) is 8.42 Å². The van der Waals surface area contributed by atoms with Gasteiger partial charge in [-0.05, 0) is 6.42 Å². The summed E-state index contributed by atoms with van der Waals surface area (Å²) in [7, 11) is -4.50. The third kappa shape index (κ3) is 35.0. The van der Waals surface area contributed by atoms with E-state index in [1.807, 2.05) is 0 Å². The van der Waals surface area contributed by atoms with Crippen molar-refractivity contribution in [3.05, 3.63) is 0 Å². The van der Waals surface area contributed by atoms with Crippen molar-refractivity contribution >= 4 is 10.4 Å². The van der Waals surface area contributed by atoms with Gasteiger partial charge in [-0.2, -0.15) is 0 Å². The molecule has 0 spiro atoms. The third-order valence-electron chi connectivity index (χ3n) is 6.73. The fourth-order valence-electron chi connectivity index (χ4n) is 4.58. The number of hydrogen-bond acceptors (Lipinski definition) is 4. The average Bonchev–Trinajstić information content (AvgIpc) is 2.78. The fraction of sp³-hybridized carbons (Fsp3) is 1.00. The van der Waals surface area contributed by atoms with E-state index in [4.69, 9.17) is 0 Å². The Hall–Kier alpha value is 0.870. The van der Waals surface area contributed by atoms with Crippen LogP contribution in [0.15, 0.2) is 0 Å². The van der Waals surface area contributed by atoms with E-state index in [9.17, 15) is 13.0 Å². The van der Waals surface area contributed by atoms with Gasteiger partial charge in [0.05, 0.1) is 6.61 Å². The summed E-state index contributed by atoms with van der Waals surface area (Å²) in [5.41, 5.74) is 0. The molecule has 34 heavy (non-hydrogen) atoms. The SMILES string of the molecule is CCCCCCCCCCCCCCCCCCCCCCCCCCCCOS(=O)(=O)[O-].[Na+]. The Morgan fingerprint density at radius 2 is 0.647 bits per heavy atom. The Balaban J connectivity index is 0. The molecule has 0 fully saturated rings. The predicted octanol–water partition coefficient (Wildman–Crippen LogP) is 6.63. The van der Waals surface area contributed by atoms with E-state index >= 15 is 0 Å². The number of unbranched alkanes of at least 4 members (excludes halogenated alkanes) is 25. The van der Waals surface area contributed by atoms with Crippen molar-refractivity contribution < 1.29 is 46.7 Å². The van der Waals surface area contributed by atoms with E-state index in [0.717, 1.165) is 12.8 Å². The van der Waals surface area contributed by atoms with Crippen LogP contribution in [-0.2, 0) is 14.6 Å². The topological polar surface area (TPSA) is 66.4 Å². The first kappa shape index (κ1) is 37.0. The molecule has 0 radical (unpaired) electrons. The Morgan fingerprint density at radius 3 is 0.853 bits per heavy atom. The van der Waals surface area contributed by atoms with Gasteiger partial charge in [0.1, 0.15) is 0 Å². The Labute approximate surface area is 236 Å². The van der Waals surface area contributed by atoms with Gasteiger partial charge in [0, 0.05) is 0 Å². The Kier molecular flexibility index (Phi) is 32.8. The molecule has 0 saturated heterocycles. The first-order chi connectivity index (χ1) is 16.1. The second-order valence-electron chi connectivity index (χ2n) is 10.1. The molecule has 200 valence electrons. The van der Waals surface area contributed by atoms with Crippen LogP contribution >= 0.6 is 0 Å². The molecule has 0 bridgehead atoms. The smallest absolute Gasteiger partial charge is 0.726 e. The second kappa shape index (κ2) is 30.1. The van der Waals surface area contributed by atoms with Gasteiger partial charge < -0.3 is 4.55 Å². The van der Waals surface area contributed by atoms with Gasteiger partial charge in [0.15, 0.2) is 0 Å². The van der Waals surface area contributed by atoms with Gasteiger partial charge >= 0.3 is 29.6 Å². The molecule has 4 nitrogen and oxygen atoms in total. The van der Waals surface area contributed by atoms with Crippen molar-refractivity contribution in [1.82, 2.24) is 0 Å². The molecule has 0 aliphatic carbocycles. The van der Waals surface area contributed by atoms with Gasteiger partial charge in [0.25, 0.3) is 0 Å². The van der Waals surface area contributed by atoms with Crippen LogP contribution in [-0.4, -0.2) is 19.6 Å². The summed E-state index contributed by atoms with van der Waals surface area (Å²) in [4.78, 5) is 0.